The molecule has 2 rings (SSSR count). The molecule has 0 saturated heterocycles. The van der Waals surface area contributed by atoms with E-state index in [0.29, 0.717) is 17.9 Å². The highest BCUT2D eigenvalue weighted by Gasteiger charge is 2.27. The Bertz CT molecular complexity index is 431. The standard InChI is InChI=1S/C10H11NO5/c1-6-5-15-9-3-7(4-12)2-8(11(13)14)10(9)16-6/h2-3,6,12H,4-5H2,1H3. The van der Waals surface area contributed by atoms with Gasteiger partial charge in [0.2, 0.25) is 5.75 Å². The van der Waals surface area contributed by atoms with Crippen molar-refractivity contribution in [1.29, 1.82) is 0 Å². The van der Waals surface area contributed by atoms with Crippen molar-refractivity contribution < 1.29 is 19.5 Å². The minimum absolute atomic E-state index is 0.140. The molecule has 86 valence electrons. The van der Waals surface area contributed by atoms with Crippen molar-refractivity contribution in [2.75, 3.05) is 6.61 Å². The van der Waals surface area contributed by atoms with Crippen LogP contribution in [0.25, 0.3) is 0 Å². The highest BCUT2D eigenvalue weighted by Crippen LogP contribution is 2.41. The number of nitrogens with zero attached hydrogens (tertiary/aromatic N) is 1. The van der Waals surface area contributed by atoms with Gasteiger partial charge in [-0.3, -0.25) is 10.1 Å². The summed E-state index contributed by atoms with van der Waals surface area (Å²) in [5, 5.41) is 19.8. The Morgan fingerprint density at radius 2 is 2.38 bits per heavy atom. The van der Waals surface area contributed by atoms with E-state index in [4.69, 9.17) is 14.6 Å². The summed E-state index contributed by atoms with van der Waals surface area (Å²) >= 11 is 0. The van der Waals surface area contributed by atoms with E-state index in [2.05, 4.69) is 0 Å². The average Bonchev–Trinajstić information content (AvgIpc) is 2.27. The molecule has 0 radical (unpaired) electrons. The van der Waals surface area contributed by atoms with Gasteiger partial charge in [-0.05, 0) is 18.6 Å². The van der Waals surface area contributed by atoms with Crippen LogP contribution < -0.4 is 9.47 Å². The SMILES string of the molecule is CC1COc2cc(CO)cc([N+](=O)[O-])c2O1. The van der Waals surface area contributed by atoms with Crippen LogP contribution in [0.4, 0.5) is 5.69 Å². The molecule has 16 heavy (non-hydrogen) atoms. The molecule has 1 atom stereocenters. The van der Waals surface area contributed by atoms with E-state index in [1.807, 2.05) is 0 Å². The van der Waals surface area contributed by atoms with Crippen LogP contribution in [0.3, 0.4) is 0 Å². The van der Waals surface area contributed by atoms with Crippen LogP contribution >= 0.6 is 0 Å². The molecule has 1 aromatic carbocycles. The van der Waals surface area contributed by atoms with Crippen molar-refractivity contribution in [2.24, 2.45) is 0 Å². The number of aliphatic hydroxyl groups excluding tert-OH is 1. The topological polar surface area (TPSA) is 81.8 Å². The second-order valence-electron chi connectivity index (χ2n) is 3.60. The molecule has 0 amide bonds. The predicted molar refractivity (Wildman–Crippen MR) is 54.6 cm³/mol. The number of nitro benzene ring substituents is 1. The van der Waals surface area contributed by atoms with Gasteiger partial charge in [0.05, 0.1) is 11.5 Å². The van der Waals surface area contributed by atoms with Gasteiger partial charge in [0.25, 0.3) is 0 Å². The first-order valence-corrected chi connectivity index (χ1v) is 4.83. The summed E-state index contributed by atoms with van der Waals surface area (Å²) in [7, 11) is 0. The lowest BCUT2D eigenvalue weighted by Gasteiger charge is -2.23. The average molecular weight is 225 g/mol. The van der Waals surface area contributed by atoms with Gasteiger partial charge in [-0.15, -0.1) is 0 Å². The number of hydrogen-bond donors (Lipinski definition) is 1. The number of aliphatic hydroxyl groups is 1. The number of hydrogen-bond acceptors (Lipinski definition) is 5. The monoisotopic (exact) mass is 225 g/mol. The van der Waals surface area contributed by atoms with E-state index < -0.39 is 4.92 Å². The summed E-state index contributed by atoms with van der Waals surface area (Å²) in [6.07, 6.45) is -0.217. The third-order valence-corrected chi connectivity index (χ3v) is 2.27. The predicted octanol–water partition coefficient (Wildman–Crippen LogP) is 1.25. The molecule has 0 bridgehead atoms. The lowest BCUT2D eigenvalue weighted by Crippen LogP contribution is -2.26. The molecule has 1 aliphatic rings. The summed E-state index contributed by atoms with van der Waals surface area (Å²) in [6, 6.07) is 2.84. The minimum Gasteiger partial charge on any atom is -0.486 e. The maximum atomic E-state index is 10.8. The van der Waals surface area contributed by atoms with Crippen LogP contribution in [-0.2, 0) is 6.61 Å². The Hall–Kier alpha value is -1.82. The number of ether oxygens (including phenoxy) is 2. The molecular weight excluding hydrogens is 214 g/mol. The van der Waals surface area contributed by atoms with Gasteiger partial charge in [0.1, 0.15) is 12.7 Å². The third-order valence-electron chi connectivity index (χ3n) is 2.27. The van der Waals surface area contributed by atoms with Crippen molar-refractivity contribution in [2.45, 2.75) is 19.6 Å². The Balaban J connectivity index is 2.53. The van der Waals surface area contributed by atoms with Gasteiger partial charge >= 0.3 is 5.69 Å². The molecule has 0 saturated carbocycles. The van der Waals surface area contributed by atoms with Crippen LogP contribution in [0.15, 0.2) is 12.1 Å². The molecule has 1 N–H and O–H groups in total. The Morgan fingerprint density at radius 1 is 1.62 bits per heavy atom. The molecule has 0 spiro atoms. The highest BCUT2D eigenvalue weighted by molar-refractivity contribution is 5.58. The molecular formula is C10H11NO5. The summed E-state index contributed by atoms with van der Waals surface area (Å²) < 4.78 is 10.7. The lowest BCUT2D eigenvalue weighted by atomic mass is 10.1. The van der Waals surface area contributed by atoms with Gasteiger partial charge in [0.15, 0.2) is 5.75 Å². The van der Waals surface area contributed by atoms with Crippen molar-refractivity contribution in [3.63, 3.8) is 0 Å². The van der Waals surface area contributed by atoms with Crippen LogP contribution in [-0.4, -0.2) is 22.7 Å². The molecule has 0 fully saturated rings. The van der Waals surface area contributed by atoms with Crippen molar-refractivity contribution >= 4 is 5.69 Å². The number of fused-ring (bicyclic) bond motifs is 1. The summed E-state index contributed by atoms with van der Waals surface area (Å²) in [5.41, 5.74) is 0.261. The first-order chi connectivity index (χ1) is 7.61. The molecule has 1 aromatic rings. The van der Waals surface area contributed by atoms with E-state index in [1.54, 1.807) is 13.0 Å². The quantitative estimate of drug-likeness (QED) is 0.605. The van der Waals surface area contributed by atoms with Gasteiger partial charge in [-0.1, -0.05) is 0 Å². The van der Waals surface area contributed by atoms with Gasteiger partial charge < -0.3 is 14.6 Å². The Kier molecular flexibility index (Phi) is 2.66. The van der Waals surface area contributed by atoms with E-state index >= 15 is 0 Å². The van der Waals surface area contributed by atoms with Crippen LogP contribution in [0.2, 0.25) is 0 Å². The van der Waals surface area contributed by atoms with Crippen molar-refractivity contribution in [3.05, 3.63) is 27.8 Å². The molecule has 6 nitrogen and oxygen atoms in total. The first-order valence-electron chi connectivity index (χ1n) is 4.83. The summed E-state index contributed by atoms with van der Waals surface area (Å²) in [4.78, 5) is 10.3. The summed E-state index contributed by atoms with van der Waals surface area (Å²) in [6.45, 7) is 1.85. The minimum atomic E-state index is -0.542. The van der Waals surface area contributed by atoms with Gasteiger partial charge in [-0.25, -0.2) is 0 Å². The fourth-order valence-corrected chi connectivity index (χ4v) is 1.54. The molecule has 0 aliphatic carbocycles. The van der Waals surface area contributed by atoms with E-state index in [-0.39, 0.29) is 24.1 Å². The number of benzene rings is 1. The van der Waals surface area contributed by atoms with Gasteiger partial charge in [-0.2, -0.15) is 0 Å². The number of nitro groups is 1. The second-order valence-corrected chi connectivity index (χ2v) is 3.60. The zero-order valence-corrected chi connectivity index (χ0v) is 8.67. The maximum absolute atomic E-state index is 10.8. The van der Waals surface area contributed by atoms with Crippen LogP contribution in [0, 0.1) is 10.1 Å². The number of rotatable bonds is 2. The van der Waals surface area contributed by atoms with Crippen molar-refractivity contribution in [1.82, 2.24) is 0 Å². The zero-order chi connectivity index (χ0) is 11.7. The molecule has 1 unspecified atom stereocenters. The molecule has 1 heterocycles. The van der Waals surface area contributed by atoms with Crippen LogP contribution in [0.5, 0.6) is 11.5 Å². The smallest absolute Gasteiger partial charge is 0.315 e. The van der Waals surface area contributed by atoms with Gasteiger partial charge in [0, 0.05) is 6.07 Å². The third kappa shape index (κ3) is 1.79. The van der Waals surface area contributed by atoms with E-state index in [1.165, 1.54) is 6.07 Å². The molecule has 6 heteroatoms. The normalized spacial score (nSPS) is 18.2. The lowest BCUT2D eigenvalue weighted by molar-refractivity contribution is -0.386. The van der Waals surface area contributed by atoms with E-state index in [0.717, 1.165) is 0 Å². The second kappa shape index (κ2) is 3.97. The van der Waals surface area contributed by atoms with E-state index in [9.17, 15) is 10.1 Å². The largest absolute Gasteiger partial charge is 0.486 e. The highest BCUT2D eigenvalue weighted by atomic mass is 16.6. The Labute approximate surface area is 91.6 Å². The molecule has 0 aromatic heterocycles. The van der Waals surface area contributed by atoms with Crippen LogP contribution in [0.1, 0.15) is 12.5 Å². The first kappa shape index (κ1) is 10.7. The van der Waals surface area contributed by atoms with Crippen molar-refractivity contribution in [3.8, 4) is 11.5 Å². The zero-order valence-electron chi connectivity index (χ0n) is 8.67. The summed E-state index contributed by atoms with van der Waals surface area (Å²) in [5.74, 6) is 0.456. The fourth-order valence-electron chi connectivity index (χ4n) is 1.54. The molecule has 1 aliphatic heterocycles. The fraction of sp³-hybridized carbons (Fsp3) is 0.400. The maximum Gasteiger partial charge on any atom is 0.315 e. The Morgan fingerprint density at radius 3 is 3.00 bits per heavy atom.